The number of amides is 2. The summed E-state index contributed by atoms with van der Waals surface area (Å²) in [5.41, 5.74) is 1.07. The number of hydrogen-bond acceptors (Lipinski definition) is 5. The number of carbonyl (C=O) groups is 2. The molecule has 1 fully saturated rings. The lowest BCUT2D eigenvalue weighted by molar-refractivity contribution is 0.0497. The van der Waals surface area contributed by atoms with Crippen LogP contribution in [-0.2, 0) is 6.42 Å². The molecule has 8 heteroatoms. The van der Waals surface area contributed by atoms with Gasteiger partial charge in [-0.2, -0.15) is 5.16 Å². The second kappa shape index (κ2) is 6.92. The summed E-state index contributed by atoms with van der Waals surface area (Å²) >= 11 is 0. The lowest BCUT2D eigenvalue weighted by Crippen LogP contribution is -2.54. The minimum absolute atomic E-state index is 0.00490. The summed E-state index contributed by atoms with van der Waals surface area (Å²) < 4.78 is 4.82. The third-order valence-corrected chi connectivity index (χ3v) is 4.35. The molecule has 3 rings (SSSR count). The lowest BCUT2D eigenvalue weighted by atomic mass is 9.98. The zero-order valence-corrected chi connectivity index (χ0v) is 14.2. The van der Waals surface area contributed by atoms with Gasteiger partial charge in [-0.05, 0) is 25.0 Å². The first-order chi connectivity index (χ1) is 12.0. The van der Waals surface area contributed by atoms with Crippen molar-refractivity contribution < 1.29 is 14.1 Å². The number of rotatable bonds is 5. The SMILES string of the molecule is CCc1cncc(C(=O)N2CC(CNC(=O)c3c(C)o[nH]c3=O)C2)c1. The van der Waals surface area contributed by atoms with Crippen LogP contribution in [0.15, 0.2) is 27.8 Å². The first-order valence-electron chi connectivity index (χ1n) is 8.19. The van der Waals surface area contributed by atoms with Gasteiger partial charge < -0.3 is 14.7 Å². The van der Waals surface area contributed by atoms with E-state index in [4.69, 9.17) is 4.52 Å². The largest absolute Gasteiger partial charge is 0.383 e. The molecule has 25 heavy (non-hydrogen) atoms. The highest BCUT2D eigenvalue weighted by Gasteiger charge is 2.32. The Bertz CT molecular complexity index is 848. The van der Waals surface area contributed by atoms with Gasteiger partial charge in [0, 0.05) is 37.9 Å². The zero-order valence-electron chi connectivity index (χ0n) is 14.2. The van der Waals surface area contributed by atoms with Crippen molar-refractivity contribution in [2.24, 2.45) is 5.92 Å². The van der Waals surface area contributed by atoms with Crippen molar-refractivity contribution in [3.05, 3.63) is 51.3 Å². The number of likely N-dealkylation sites (tertiary alicyclic amines) is 1. The molecule has 0 bridgehead atoms. The Morgan fingerprint density at radius 3 is 2.80 bits per heavy atom. The summed E-state index contributed by atoms with van der Waals surface area (Å²) in [5.74, 6) is -0.0812. The van der Waals surface area contributed by atoms with Crippen molar-refractivity contribution in [2.45, 2.75) is 20.3 Å². The molecule has 2 amide bonds. The molecule has 132 valence electrons. The maximum atomic E-state index is 12.4. The standard InChI is InChI=1S/C17H20N4O4/c1-3-11-4-13(7-18-5-11)17(24)21-8-12(9-21)6-19-15(22)14-10(2)25-20-16(14)23/h4-5,7,12H,3,6,8-9H2,1-2H3,(H,19,22)(H,20,23). The molecule has 1 saturated heterocycles. The van der Waals surface area contributed by atoms with Gasteiger partial charge in [-0.25, -0.2) is 0 Å². The molecule has 1 aliphatic heterocycles. The number of pyridine rings is 1. The normalized spacial score (nSPS) is 14.2. The van der Waals surface area contributed by atoms with Crippen molar-refractivity contribution in [3.8, 4) is 0 Å². The van der Waals surface area contributed by atoms with E-state index in [1.165, 1.54) is 0 Å². The first kappa shape index (κ1) is 16.9. The Balaban J connectivity index is 1.50. The zero-order chi connectivity index (χ0) is 18.0. The minimum Gasteiger partial charge on any atom is -0.383 e. The van der Waals surface area contributed by atoms with Crippen LogP contribution in [0.1, 0.15) is 39.0 Å². The Hall–Kier alpha value is -2.90. The molecule has 0 aromatic carbocycles. The number of nitrogens with zero attached hydrogens (tertiary/aromatic N) is 2. The van der Waals surface area contributed by atoms with Gasteiger partial charge in [0.25, 0.3) is 17.4 Å². The molecule has 0 atom stereocenters. The van der Waals surface area contributed by atoms with Gasteiger partial charge in [0.05, 0.1) is 5.56 Å². The number of aromatic nitrogens is 2. The average molecular weight is 344 g/mol. The maximum Gasteiger partial charge on any atom is 0.293 e. The van der Waals surface area contributed by atoms with Crippen molar-refractivity contribution >= 4 is 11.8 Å². The van der Waals surface area contributed by atoms with E-state index in [1.54, 1.807) is 24.2 Å². The summed E-state index contributed by atoms with van der Waals surface area (Å²) in [6.45, 7) is 5.10. The number of aromatic amines is 1. The predicted molar refractivity (Wildman–Crippen MR) is 89.4 cm³/mol. The van der Waals surface area contributed by atoms with E-state index in [-0.39, 0.29) is 23.1 Å². The van der Waals surface area contributed by atoms with Crippen molar-refractivity contribution in [1.29, 1.82) is 0 Å². The van der Waals surface area contributed by atoms with Crippen molar-refractivity contribution in [1.82, 2.24) is 20.4 Å². The van der Waals surface area contributed by atoms with Crippen LogP contribution in [0.4, 0.5) is 0 Å². The van der Waals surface area contributed by atoms with Gasteiger partial charge in [0.1, 0.15) is 11.3 Å². The summed E-state index contributed by atoms with van der Waals surface area (Å²) in [5, 5.41) is 4.85. The van der Waals surface area contributed by atoms with E-state index in [2.05, 4.69) is 15.5 Å². The molecule has 3 heterocycles. The average Bonchev–Trinajstić information content (AvgIpc) is 2.91. The highest BCUT2D eigenvalue weighted by Crippen LogP contribution is 2.18. The predicted octanol–water partition coefficient (Wildman–Crippen LogP) is 0.736. The Kier molecular flexibility index (Phi) is 4.69. The minimum atomic E-state index is -0.538. The molecule has 0 aliphatic carbocycles. The van der Waals surface area contributed by atoms with E-state index in [1.807, 2.05) is 13.0 Å². The summed E-state index contributed by atoms with van der Waals surface area (Å²) in [4.78, 5) is 41.7. The molecule has 0 saturated carbocycles. The Morgan fingerprint density at radius 2 is 2.16 bits per heavy atom. The molecular weight excluding hydrogens is 324 g/mol. The van der Waals surface area contributed by atoms with Crippen molar-refractivity contribution in [2.75, 3.05) is 19.6 Å². The Morgan fingerprint density at radius 1 is 1.40 bits per heavy atom. The van der Waals surface area contributed by atoms with E-state index < -0.39 is 11.5 Å². The van der Waals surface area contributed by atoms with Crippen LogP contribution in [-0.4, -0.2) is 46.5 Å². The fourth-order valence-corrected chi connectivity index (χ4v) is 2.82. The number of aryl methyl sites for hydroxylation is 2. The summed E-state index contributed by atoms with van der Waals surface area (Å²) in [6, 6.07) is 1.86. The topological polar surface area (TPSA) is 108 Å². The van der Waals surface area contributed by atoms with Crippen LogP contribution in [0.2, 0.25) is 0 Å². The van der Waals surface area contributed by atoms with Gasteiger partial charge in [-0.1, -0.05) is 6.92 Å². The molecule has 2 aromatic heterocycles. The van der Waals surface area contributed by atoms with Gasteiger partial charge in [0.2, 0.25) is 0 Å². The van der Waals surface area contributed by atoms with Gasteiger partial charge in [-0.3, -0.25) is 19.4 Å². The third-order valence-electron chi connectivity index (χ3n) is 4.35. The number of nitrogens with one attached hydrogen (secondary N) is 2. The van der Waals surface area contributed by atoms with E-state index in [0.717, 1.165) is 12.0 Å². The summed E-state index contributed by atoms with van der Waals surface area (Å²) in [6.07, 6.45) is 4.16. The van der Waals surface area contributed by atoms with Crippen molar-refractivity contribution in [3.63, 3.8) is 0 Å². The van der Waals surface area contributed by atoms with Gasteiger partial charge in [0.15, 0.2) is 0 Å². The van der Waals surface area contributed by atoms with Crippen LogP contribution in [0.25, 0.3) is 0 Å². The van der Waals surface area contributed by atoms with Crippen LogP contribution < -0.4 is 10.9 Å². The fourth-order valence-electron chi connectivity index (χ4n) is 2.82. The molecule has 8 nitrogen and oxygen atoms in total. The molecule has 0 unspecified atom stereocenters. The first-order valence-corrected chi connectivity index (χ1v) is 8.19. The maximum absolute atomic E-state index is 12.4. The number of carbonyl (C=O) groups excluding carboxylic acids is 2. The van der Waals surface area contributed by atoms with E-state index >= 15 is 0 Å². The van der Waals surface area contributed by atoms with Crippen LogP contribution in [0.3, 0.4) is 0 Å². The monoisotopic (exact) mass is 344 g/mol. The third kappa shape index (κ3) is 3.47. The number of H-pyrrole nitrogens is 1. The lowest BCUT2D eigenvalue weighted by Gasteiger charge is -2.39. The second-order valence-electron chi connectivity index (χ2n) is 6.19. The Labute approximate surface area is 144 Å². The molecule has 0 radical (unpaired) electrons. The molecular formula is C17H20N4O4. The van der Waals surface area contributed by atoms with Crippen LogP contribution in [0, 0.1) is 12.8 Å². The highest BCUT2D eigenvalue weighted by molar-refractivity contribution is 5.95. The quantitative estimate of drug-likeness (QED) is 0.831. The molecule has 2 aromatic rings. The molecule has 1 aliphatic rings. The summed E-state index contributed by atoms with van der Waals surface area (Å²) in [7, 11) is 0. The highest BCUT2D eigenvalue weighted by atomic mass is 16.5. The van der Waals surface area contributed by atoms with Gasteiger partial charge in [-0.15, -0.1) is 0 Å². The molecule has 0 spiro atoms. The van der Waals surface area contributed by atoms with E-state index in [9.17, 15) is 14.4 Å². The fraction of sp³-hybridized carbons (Fsp3) is 0.412. The smallest absolute Gasteiger partial charge is 0.293 e. The molecule has 2 N–H and O–H groups in total. The van der Waals surface area contributed by atoms with Crippen LogP contribution >= 0.6 is 0 Å². The van der Waals surface area contributed by atoms with Crippen LogP contribution in [0.5, 0.6) is 0 Å². The second-order valence-corrected chi connectivity index (χ2v) is 6.19. The number of hydrogen-bond donors (Lipinski definition) is 2. The van der Waals surface area contributed by atoms with E-state index in [0.29, 0.717) is 25.2 Å². The van der Waals surface area contributed by atoms with Gasteiger partial charge >= 0.3 is 0 Å².